The summed E-state index contributed by atoms with van der Waals surface area (Å²) < 4.78 is 45.2. The Labute approximate surface area is 114 Å². The molecule has 0 aliphatic heterocycles. The molecule has 108 valence electrons. The number of rotatable bonds is 3. The summed E-state index contributed by atoms with van der Waals surface area (Å²) in [6.45, 7) is 0. The van der Waals surface area contributed by atoms with Gasteiger partial charge < -0.3 is 14.4 Å². The maximum atomic E-state index is 13.5. The third-order valence-corrected chi connectivity index (χ3v) is 3.06. The molecule has 20 heavy (non-hydrogen) atoms. The lowest BCUT2D eigenvalue weighted by Crippen LogP contribution is -2.44. The van der Waals surface area contributed by atoms with Gasteiger partial charge >= 0.3 is 6.18 Å². The molecule has 0 spiro atoms. The molecule has 1 aromatic carbocycles. The second-order valence-corrected chi connectivity index (χ2v) is 4.60. The molecule has 6 heteroatoms. The van der Waals surface area contributed by atoms with E-state index >= 15 is 0 Å². The number of aliphatic hydroxyl groups is 1. The molecule has 1 unspecified atom stereocenters. The van der Waals surface area contributed by atoms with Gasteiger partial charge in [-0.3, -0.25) is 0 Å². The van der Waals surface area contributed by atoms with Gasteiger partial charge in [-0.15, -0.1) is 0 Å². The highest BCUT2D eigenvalue weighted by Crippen LogP contribution is 2.47. The first kappa shape index (κ1) is 14.5. The van der Waals surface area contributed by atoms with Crippen LogP contribution in [0.1, 0.15) is 11.3 Å². The van der Waals surface area contributed by atoms with Gasteiger partial charge in [-0.1, -0.05) is 18.2 Å². The minimum Gasteiger partial charge on any atom is -0.466 e. The van der Waals surface area contributed by atoms with Crippen LogP contribution < -0.4 is 4.90 Å². The van der Waals surface area contributed by atoms with Crippen molar-refractivity contribution in [1.29, 1.82) is 0 Å². The monoisotopic (exact) mass is 285 g/mol. The quantitative estimate of drug-likeness (QED) is 0.941. The molecule has 0 amide bonds. The van der Waals surface area contributed by atoms with Crippen molar-refractivity contribution in [2.75, 3.05) is 19.0 Å². The third-order valence-electron chi connectivity index (χ3n) is 3.06. The van der Waals surface area contributed by atoms with Crippen molar-refractivity contribution in [1.82, 2.24) is 0 Å². The maximum absolute atomic E-state index is 13.5. The van der Waals surface area contributed by atoms with E-state index in [9.17, 15) is 18.3 Å². The summed E-state index contributed by atoms with van der Waals surface area (Å²) in [5.41, 5.74) is -3.19. The normalized spacial score (nSPS) is 14.9. The number of nitrogens with zero attached hydrogens (tertiary/aromatic N) is 1. The van der Waals surface area contributed by atoms with E-state index in [1.165, 1.54) is 29.2 Å². The fourth-order valence-corrected chi connectivity index (χ4v) is 2.08. The van der Waals surface area contributed by atoms with Crippen molar-refractivity contribution in [3.05, 3.63) is 54.0 Å². The Morgan fingerprint density at radius 2 is 1.70 bits per heavy atom. The van der Waals surface area contributed by atoms with E-state index in [0.717, 1.165) is 12.3 Å². The molecular weight excluding hydrogens is 271 g/mol. The van der Waals surface area contributed by atoms with Gasteiger partial charge in [-0.25, -0.2) is 0 Å². The second kappa shape index (κ2) is 4.86. The van der Waals surface area contributed by atoms with Crippen LogP contribution in [-0.4, -0.2) is 25.4 Å². The topological polar surface area (TPSA) is 36.6 Å². The second-order valence-electron chi connectivity index (χ2n) is 4.60. The molecule has 1 heterocycles. The summed E-state index contributed by atoms with van der Waals surface area (Å²) >= 11 is 0. The van der Waals surface area contributed by atoms with Gasteiger partial charge in [-0.2, -0.15) is 13.2 Å². The van der Waals surface area contributed by atoms with E-state index in [1.807, 2.05) is 0 Å². The van der Waals surface area contributed by atoms with Crippen molar-refractivity contribution in [3.8, 4) is 0 Å². The molecule has 0 saturated heterocycles. The van der Waals surface area contributed by atoms with Crippen LogP contribution >= 0.6 is 0 Å². The molecule has 2 rings (SSSR count). The summed E-state index contributed by atoms with van der Waals surface area (Å²) in [4.78, 5) is 1.51. The van der Waals surface area contributed by atoms with Crippen LogP contribution in [0.4, 0.5) is 18.9 Å². The first-order chi connectivity index (χ1) is 9.28. The van der Waals surface area contributed by atoms with Crippen molar-refractivity contribution in [2.24, 2.45) is 0 Å². The number of hydrogen-bond donors (Lipinski definition) is 1. The van der Waals surface area contributed by atoms with E-state index in [-0.39, 0.29) is 11.3 Å². The first-order valence-electron chi connectivity index (χ1n) is 5.88. The van der Waals surface area contributed by atoms with E-state index in [2.05, 4.69) is 0 Å². The summed E-state index contributed by atoms with van der Waals surface area (Å²) in [6, 6.07) is 8.23. The van der Waals surface area contributed by atoms with Crippen molar-refractivity contribution in [2.45, 2.75) is 11.8 Å². The number of furan rings is 1. The zero-order valence-corrected chi connectivity index (χ0v) is 11.0. The number of anilines is 1. The highest BCUT2D eigenvalue weighted by Gasteiger charge is 2.59. The van der Waals surface area contributed by atoms with Crippen LogP contribution in [0.3, 0.4) is 0 Å². The van der Waals surface area contributed by atoms with E-state index < -0.39 is 17.5 Å². The molecule has 0 fully saturated rings. The lowest BCUT2D eigenvalue weighted by molar-refractivity contribution is -0.253. The van der Waals surface area contributed by atoms with Crippen LogP contribution in [0.2, 0.25) is 0 Å². The van der Waals surface area contributed by atoms with Crippen molar-refractivity contribution < 1.29 is 22.7 Å². The van der Waals surface area contributed by atoms with E-state index in [4.69, 9.17) is 4.42 Å². The SMILES string of the molecule is CN(C)c1ccccc1C(O)(c1ccco1)C(F)(F)F. The standard InChI is InChI=1S/C14H14F3NO2/c1-18(2)11-7-4-3-6-10(11)13(19,14(15,16)17)12-8-5-9-20-12/h3-9,19H,1-2H3. The predicted octanol–water partition coefficient (Wildman–Crippen LogP) is 3.14. The highest BCUT2D eigenvalue weighted by molar-refractivity contribution is 5.57. The summed E-state index contributed by atoms with van der Waals surface area (Å²) in [5, 5.41) is 10.4. The van der Waals surface area contributed by atoms with Gasteiger partial charge in [0.25, 0.3) is 0 Å². The Hall–Kier alpha value is -1.95. The molecular formula is C14H14F3NO2. The summed E-state index contributed by atoms with van der Waals surface area (Å²) in [6.07, 6.45) is -3.80. The van der Waals surface area contributed by atoms with Crippen LogP contribution in [-0.2, 0) is 5.60 Å². The lowest BCUT2D eigenvalue weighted by Gasteiger charge is -2.32. The molecule has 3 nitrogen and oxygen atoms in total. The molecule has 1 N–H and O–H groups in total. The molecule has 0 aliphatic rings. The number of alkyl halides is 3. The highest BCUT2D eigenvalue weighted by atomic mass is 19.4. The molecule has 1 aromatic heterocycles. The lowest BCUT2D eigenvalue weighted by atomic mass is 9.88. The minimum absolute atomic E-state index is 0.267. The van der Waals surface area contributed by atoms with Crippen molar-refractivity contribution in [3.63, 3.8) is 0 Å². The number of benzene rings is 1. The van der Waals surface area contributed by atoms with Crippen LogP contribution in [0.5, 0.6) is 0 Å². The van der Waals surface area contributed by atoms with Crippen LogP contribution in [0.25, 0.3) is 0 Å². The smallest absolute Gasteiger partial charge is 0.428 e. The first-order valence-corrected chi connectivity index (χ1v) is 5.88. The van der Waals surface area contributed by atoms with Gasteiger partial charge in [0.2, 0.25) is 5.60 Å². The Bertz CT molecular complexity index is 578. The Morgan fingerprint density at radius 3 is 2.20 bits per heavy atom. The molecule has 0 radical (unpaired) electrons. The largest absolute Gasteiger partial charge is 0.466 e. The molecule has 0 saturated carbocycles. The van der Waals surface area contributed by atoms with Gasteiger partial charge in [0.15, 0.2) is 0 Å². The Morgan fingerprint density at radius 1 is 1.05 bits per heavy atom. The molecule has 2 aromatic rings. The molecule has 0 bridgehead atoms. The Kier molecular flexibility index (Phi) is 3.52. The number of para-hydroxylation sites is 1. The zero-order valence-electron chi connectivity index (χ0n) is 11.0. The summed E-state index contributed by atoms with van der Waals surface area (Å²) in [5.74, 6) is -0.556. The van der Waals surface area contributed by atoms with Crippen molar-refractivity contribution >= 4 is 5.69 Å². The maximum Gasteiger partial charge on any atom is 0.428 e. The van der Waals surface area contributed by atoms with Gasteiger partial charge in [-0.05, 0) is 18.2 Å². The van der Waals surface area contributed by atoms with Crippen LogP contribution in [0, 0.1) is 0 Å². The number of halogens is 3. The molecule has 1 atom stereocenters. The van der Waals surface area contributed by atoms with Crippen LogP contribution in [0.15, 0.2) is 47.1 Å². The van der Waals surface area contributed by atoms with E-state index in [0.29, 0.717) is 0 Å². The van der Waals surface area contributed by atoms with E-state index in [1.54, 1.807) is 20.2 Å². The molecule has 0 aliphatic carbocycles. The minimum atomic E-state index is -4.91. The fraction of sp³-hybridized carbons (Fsp3) is 0.286. The predicted molar refractivity (Wildman–Crippen MR) is 68.5 cm³/mol. The van der Waals surface area contributed by atoms with Gasteiger partial charge in [0, 0.05) is 25.3 Å². The average molecular weight is 285 g/mol. The summed E-state index contributed by atoms with van der Waals surface area (Å²) in [7, 11) is 3.22. The Balaban J connectivity index is 2.72. The zero-order chi connectivity index (χ0) is 15.0. The number of hydrogen-bond acceptors (Lipinski definition) is 3. The third kappa shape index (κ3) is 2.16. The van der Waals surface area contributed by atoms with Gasteiger partial charge in [0.1, 0.15) is 5.76 Å². The fourth-order valence-electron chi connectivity index (χ4n) is 2.08. The van der Waals surface area contributed by atoms with Gasteiger partial charge in [0.05, 0.1) is 6.26 Å². The average Bonchev–Trinajstić information content (AvgIpc) is 2.90.